The van der Waals surface area contributed by atoms with Gasteiger partial charge in [-0.25, -0.2) is 8.42 Å². The topological polar surface area (TPSA) is 170 Å². The zero-order valence-corrected chi connectivity index (χ0v) is 21.5. The van der Waals surface area contributed by atoms with Crippen LogP contribution in [0.15, 0.2) is 34.5 Å². The summed E-state index contributed by atoms with van der Waals surface area (Å²) in [6, 6.07) is 6.06. The van der Waals surface area contributed by atoms with Crippen molar-refractivity contribution in [2.45, 2.75) is 23.1 Å². The molecule has 4 N–H and O–H groups in total. The van der Waals surface area contributed by atoms with Crippen molar-refractivity contribution in [1.29, 1.82) is 5.26 Å². The van der Waals surface area contributed by atoms with Crippen LogP contribution in [0.25, 0.3) is 10.1 Å². The van der Waals surface area contributed by atoms with E-state index in [9.17, 15) is 35.9 Å². The molecule has 3 rings (SSSR count). The number of ether oxygens (including phenoxy) is 1. The maximum Gasteiger partial charge on any atom is 0.417 e. The molecule has 0 bridgehead atoms. The van der Waals surface area contributed by atoms with E-state index in [1.165, 1.54) is 25.1 Å². The number of nitrogens with zero attached hydrogens (tertiary/aromatic N) is 1. The first-order valence-electron chi connectivity index (χ1n) is 9.90. The Bertz CT molecular complexity index is 1520. The summed E-state index contributed by atoms with van der Waals surface area (Å²) in [6.07, 6.45) is -5.06. The van der Waals surface area contributed by atoms with Gasteiger partial charge in [-0.2, -0.15) is 23.2 Å². The molecular formula is C20H17ClF3N3O6PS2-. The third kappa shape index (κ3) is 5.69. The first-order valence-corrected chi connectivity index (χ1v) is 14.2. The Balaban J connectivity index is 2.11. The lowest BCUT2D eigenvalue weighted by Gasteiger charge is -2.38. The molecule has 9 nitrogen and oxygen atoms in total. The summed E-state index contributed by atoms with van der Waals surface area (Å²) in [6.45, 7) is 2.09. The van der Waals surface area contributed by atoms with Gasteiger partial charge in [0.05, 0.1) is 28.0 Å². The molecule has 0 saturated carbocycles. The normalized spacial score (nSPS) is 13.5. The van der Waals surface area contributed by atoms with Crippen molar-refractivity contribution in [3.05, 3.63) is 57.6 Å². The maximum atomic E-state index is 13.4. The summed E-state index contributed by atoms with van der Waals surface area (Å²) < 4.78 is 85.6. The van der Waals surface area contributed by atoms with E-state index in [2.05, 4.69) is 5.73 Å². The van der Waals surface area contributed by atoms with Crippen molar-refractivity contribution in [2.24, 2.45) is 0 Å². The van der Waals surface area contributed by atoms with Crippen LogP contribution in [0.3, 0.4) is 0 Å². The van der Waals surface area contributed by atoms with E-state index >= 15 is 0 Å². The van der Waals surface area contributed by atoms with Gasteiger partial charge in [0.1, 0.15) is 23.1 Å². The van der Waals surface area contributed by atoms with E-state index in [0.717, 1.165) is 17.4 Å². The molecule has 194 valence electrons. The van der Waals surface area contributed by atoms with Gasteiger partial charge in [-0.3, -0.25) is 0 Å². The third-order valence-electron chi connectivity index (χ3n) is 4.97. The molecule has 3 aromatic rings. The molecule has 1 aromatic heterocycles. The molecule has 1 atom stereocenters. The van der Waals surface area contributed by atoms with Crippen LogP contribution in [0.5, 0.6) is 5.75 Å². The first kappa shape index (κ1) is 28.4. The molecule has 0 spiro atoms. The number of fused-ring (bicyclic) bond motifs is 1. The molecule has 0 radical (unpaired) electrons. The van der Waals surface area contributed by atoms with E-state index in [1.54, 1.807) is 4.72 Å². The highest BCUT2D eigenvalue weighted by Gasteiger charge is 2.36. The number of benzene rings is 2. The summed E-state index contributed by atoms with van der Waals surface area (Å²) in [5.74, 6) is -2.31. The average molecular weight is 583 g/mol. The predicted molar refractivity (Wildman–Crippen MR) is 122 cm³/mol. The molecule has 0 aliphatic rings. The summed E-state index contributed by atoms with van der Waals surface area (Å²) in [5.41, 5.74) is 0.627. The summed E-state index contributed by atoms with van der Waals surface area (Å²) in [7, 11) is -10.6. The second-order valence-corrected chi connectivity index (χ2v) is 12.4. The van der Waals surface area contributed by atoms with Gasteiger partial charge in [-0.05, 0) is 49.9 Å². The van der Waals surface area contributed by atoms with Gasteiger partial charge in [0.15, 0.2) is 0 Å². The van der Waals surface area contributed by atoms with Gasteiger partial charge >= 0.3 is 6.18 Å². The molecular weight excluding hydrogens is 566 g/mol. The number of aryl methyl sites for hydroxylation is 1. The highest BCUT2D eigenvalue weighted by molar-refractivity contribution is 7.92. The van der Waals surface area contributed by atoms with Gasteiger partial charge in [0.2, 0.25) is 0 Å². The molecule has 0 amide bonds. The number of nitrogens with one attached hydrogen (secondary N) is 1. The fourth-order valence-electron chi connectivity index (χ4n) is 3.38. The van der Waals surface area contributed by atoms with Crippen molar-refractivity contribution >= 4 is 50.6 Å². The Morgan fingerprint density at radius 3 is 2.53 bits per heavy atom. The van der Waals surface area contributed by atoms with Crippen molar-refractivity contribution in [2.75, 3.05) is 13.2 Å². The number of rotatable bonds is 8. The molecule has 2 aromatic carbocycles. The molecule has 1 heterocycles. The van der Waals surface area contributed by atoms with Gasteiger partial charge in [0, 0.05) is 10.1 Å². The zero-order valence-electron chi connectivity index (χ0n) is 18.3. The number of alkyl halides is 3. The molecule has 36 heavy (non-hydrogen) atoms. The van der Waals surface area contributed by atoms with Crippen LogP contribution in [0, 0.1) is 18.3 Å². The van der Waals surface area contributed by atoms with Gasteiger partial charge in [-0.15, -0.1) is 11.3 Å². The van der Waals surface area contributed by atoms with Crippen LogP contribution in [0.2, 0.25) is 5.02 Å². The van der Waals surface area contributed by atoms with Crippen LogP contribution in [0.1, 0.15) is 28.0 Å². The standard InChI is InChI=1S/C20H18ClF3N3O6PS2/c1-10-16-15(5-4-14(17(16)21)33-7-6-25)35-19(10)36(31,32)27-18(34(28,29)30)11-2-3-12(9-26)13(8-11)20(22,23)24/h2-5,8,18,27H,6-7,25H2,1H3,(H2,28,29,30)/p-1. The molecule has 1 unspecified atom stereocenters. The van der Waals surface area contributed by atoms with Gasteiger partial charge in [-0.1, -0.05) is 17.7 Å². The minimum atomic E-state index is -5.88. The lowest BCUT2D eigenvalue weighted by atomic mass is 10.0. The highest BCUT2D eigenvalue weighted by atomic mass is 35.5. The Hall–Kier alpha value is -2.21. The second-order valence-electron chi connectivity index (χ2n) is 7.45. The minimum Gasteiger partial charge on any atom is -0.809 e. The van der Waals surface area contributed by atoms with Gasteiger partial charge < -0.3 is 24.8 Å². The van der Waals surface area contributed by atoms with Crippen LogP contribution < -0.4 is 25.0 Å². The fraction of sp³-hybridized carbons (Fsp3) is 0.250. The van der Waals surface area contributed by atoms with Gasteiger partial charge in [0.25, 0.3) is 10.0 Å². The Labute approximate surface area is 212 Å². The Kier molecular flexibility index (Phi) is 8.10. The SMILES string of the molecule is Cc1c(S(=O)(=O)NC(c2ccc(C#N)c(C(F)(F)F)c2)P(=O)([O-])[O-])sc2ccc(OCC[NH3+])c(Cl)c12. The van der Waals surface area contributed by atoms with Crippen molar-refractivity contribution in [3.8, 4) is 11.8 Å². The quantitative estimate of drug-likeness (QED) is 0.384. The maximum absolute atomic E-state index is 13.4. The predicted octanol–water partition coefficient (Wildman–Crippen LogP) is 2.27. The molecule has 0 aliphatic carbocycles. The van der Waals surface area contributed by atoms with Crippen molar-refractivity contribution in [1.82, 2.24) is 4.72 Å². The van der Waals surface area contributed by atoms with Crippen LogP contribution in [0.4, 0.5) is 13.2 Å². The largest absolute Gasteiger partial charge is 0.809 e. The minimum absolute atomic E-state index is 0.105. The molecule has 0 saturated heterocycles. The Morgan fingerprint density at radius 2 is 1.97 bits per heavy atom. The fourth-order valence-corrected chi connectivity index (χ4v) is 8.10. The van der Waals surface area contributed by atoms with Crippen LogP contribution in [-0.2, 0) is 20.8 Å². The summed E-state index contributed by atoms with van der Waals surface area (Å²) in [5, 5.41) is 9.35. The Morgan fingerprint density at radius 1 is 1.31 bits per heavy atom. The lowest BCUT2D eigenvalue weighted by Crippen LogP contribution is -2.52. The number of nitriles is 1. The van der Waals surface area contributed by atoms with Crippen molar-refractivity contribution < 1.29 is 46.4 Å². The molecule has 0 aliphatic heterocycles. The number of halogens is 4. The number of quaternary nitrogens is 1. The average Bonchev–Trinajstić information content (AvgIpc) is 3.13. The number of hydrogen-bond donors (Lipinski definition) is 2. The molecule has 0 fully saturated rings. The van der Waals surface area contributed by atoms with E-state index in [0.29, 0.717) is 22.7 Å². The zero-order chi connectivity index (χ0) is 27.1. The van der Waals surface area contributed by atoms with E-state index < -0.39 is 50.5 Å². The number of thiophene rings is 1. The summed E-state index contributed by atoms with van der Waals surface area (Å²) >= 11 is 7.10. The first-order chi connectivity index (χ1) is 16.6. The highest BCUT2D eigenvalue weighted by Crippen LogP contribution is 2.47. The van der Waals surface area contributed by atoms with Crippen LogP contribution >= 0.6 is 30.5 Å². The van der Waals surface area contributed by atoms with Crippen LogP contribution in [-0.4, -0.2) is 21.6 Å². The second kappa shape index (κ2) is 10.3. The monoisotopic (exact) mass is 582 g/mol. The number of sulfonamides is 1. The smallest absolute Gasteiger partial charge is 0.417 e. The van der Waals surface area contributed by atoms with E-state index in [1.807, 2.05) is 0 Å². The lowest BCUT2D eigenvalue weighted by molar-refractivity contribution is -0.370. The molecule has 16 heteroatoms. The summed E-state index contributed by atoms with van der Waals surface area (Å²) in [4.78, 5) is 23.9. The third-order valence-corrected chi connectivity index (χ3v) is 9.88. The van der Waals surface area contributed by atoms with E-state index in [-0.39, 0.29) is 29.0 Å². The number of hydrogen-bond acceptors (Lipinski definition) is 8. The van der Waals surface area contributed by atoms with E-state index in [4.69, 9.17) is 21.6 Å². The van der Waals surface area contributed by atoms with Crippen molar-refractivity contribution in [3.63, 3.8) is 0 Å².